The number of likely N-dealkylation sites (N-methyl/N-ethyl adjacent to an activating group) is 1. The number of nitro groups is 1. The second-order valence-electron chi connectivity index (χ2n) is 4.36. The van der Waals surface area contributed by atoms with Crippen LogP contribution in [0.1, 0.15) is 20.8 Å². The fourth-order valence-electron chi connectivity index (χ4n) is 1.69. The first-order chi connectivity index (χ1) is 8.71. The Morgan fingerprint density at radius 3 is 2.63 bits per heavy atom. The van der Waals surface area contributed by atoms with Gasteiger partial charge in [0.1, 0.15) is 5.54 Å². The van der Waals surface area contributed by atoms with E-state index < -0.39 is 16.4 Å². The minimum atomic E-state index is -1.32. The average Bonchev–Trinajstić information content (AvgIpc) is 2.31. The fraction of sp³-hybridized carbons (Fsp3) is 0.455. The lowest BCUT2D eigenvalue weighted by Gasteiger charge is -2.34. The first-order valence-corrected chi connectivity index (χ1v) is 5.90. The first kappa shape index (κ1) is 15.2. The highest BCUT2D eigenvalue weighted by Gasteiger charge is 2.37. The molecule has 0 fully saturated rings. The zero-order chi connectivity index (χ0) is 14.8. The Morgan fingerprint density at radius 1 is 1.63 bits per heavy atom. The van der Waals surface area contributed by atoms with Gasteiger partial charge in [0.25, 0.3) is 0 Å². The van der Waals surface area contributed by atoms with Crippen LogP contribution in [-0.2, 0) is 4.79 Å². The lowest BCUT2D eigenvalue weighted by Crippen LogP contribution is -2.50. The molecule has 1 aromatic rings. The molecule has 0 unspecified atom stereocenters. The molecule has 0 saturated carbocycles. The number of carbonyl (C=O) groups is 1. The summed E-state index contributed by atoms with van der Waals surface area (Å²) in [5.74, 6) is -1.11. The molecule has 1 N–H and O–H groups in total. The quantitative estimate of drug-likeness (QED) is 0.659. The molecule has 0 aromatic carbocycles. The van der Waals surface area contributed by atoms with E-state index in [1.807, 2.05) is 0 Å². The summed E-state index contributed by atoms with van der Waals surface area (Å²) in [6, 6.07) is 1.16. The van der Waals surface area contributed by atoms with E-state index in [-0.39, 0.29) is 23.1 Å². The van der Waals surface area contributed by atoms with Gasteiger partial charge in [0.15, 0.2) is 0 Å². The van der Waals surface area contributed by atoms with Crippen molar-refractivity contribution in [3.8, 4) is 0 Å². The van der Waals surface area contributed by atoms with Crippen molar-refractivity contribution in [1.29, 1.82) is 0 Å². The molecule has 8 heteroatoms. The Bertz CT molecular complexity index is 519. The Labute approximate surface area is 115 Å². The van der Waals surface area contributed by atoms with Gasteiger partial charge in [-0.25, -0.2) is 9.78 Å². The highest BCUT2D eigenvalue weighted by Crippen LogP contribution is 2.32. The molecule has 1 aromatic heterocycles. The summed E-state index contributed by atoms with van der Waals surface area (Å²) in [4.78, 5) is 26.9. The standard InChI is InChI=1S/C11H14ClN3O4/c1-4-14(11(2,3)10(16)17)9-8(15(18)19)5-7(12)6-13-9/h5-6H,4H2,1-3H3,(H,16,17). The van der Waals surface area contributed by atoms with E-state index in [9.17, 15) is 20.0 Å². The molecule has 0 aliphatic rings. The van der Waals surface area contributed by atoms with E-state index in [1.54, 1.807) is 6.92 Å². The van der Waals surface area contributed by atoms with E-state index in [0.29, 0.717) is 0 Å². The van der Waals surface area contributed by atoms with Crippen molar-refractivity contribution < 1.29 is 14.8 Å². The molecule has 0 aliphatic heterocycles. The number of hydrogen-bond donors (Lipinski definition) is 1. The number of halogens is 1. The number of aliphatic carboxylic acids is 1. The van der Waals surface area contributed by atoms with Gasteiger partial charge in [0, 0.05) is 18.8 Å². The second kappa shape index (κ2) is 5.40. The Morgan fingerprint density at radius 2 is 2.21 bits per heavy atom. The van der Waals surface area contributed by atoms with Crippen LogP contribution in [0.5, 0.6) is 0 Å². The van der Waals surface area contributed by atoms with Gasteiger partial charge >= 0.3 is 11.7 Å². The zero-order valence-corrected chi connectivity index (χ0v) is 11.5. The van der Waals surface area contributed by atoms with Crippen molar-refractivity contribution in [1.82, 2.24) is 4.98 Å². The fourth-order valence-corrected chi connectivity index (χ4v) is 1.84. The smallest absolute Gasteiger partial charge is 0.329 e. The number of carboxylic acids is 1. The van der Waals surface area contributed by atoms with Crippen LogP contribution in [0, 0.1) is 10.1 Å². The minimum Gasteiger partial charge on any atom is -0.480 e. The third-order valence-electron chi connectivity index (χ3n) is 2.78. The molecule has 19 heavy (non-hydrogen) atoms. The maximum Gasteiger partial charge on any atom is 0.329 e. The summed E-state index contributed by atoms with van der Waals surface area (Å²) in [5, 5.41) is 20.4. The number of hydrogen-bond acceptors (Lipinski definition) is 5. The summed E-state index contributed by atoms with van der Waals surface area (Å²) < 4.78 is 0. The Kier molecular flexibility index (Phi) is 4.31. The summed E-state index contributed by atoms with van der Waals surface area (Å²) >= 11 is 5.68. The molecule has 0 bridgehead atoms. The zero-order valence-electron chi connectivity index (χ0n) is 10.8. The number of pyridine rings is 1. The lowest BCUT2D eigenvalue weighted by molar-refractivity contribution is -0.384. The molecule has 0 spiro atoms. The maximum atomic E-state index is 11.3. The van der Waals surface area contributed by atoms with Crippen molar-refractivity contribution in [2.24, 2.45) is 0 Å². The average molecular weight is 288 g/mol. The van der Waals surface area contributed by atoms with Crippen molar-refractivity contribution in [3.63, 3.8) is 0 Å². The predicted octanol–water partition coefficient (Wildman–Crippen LogP) is 2.33. The number of aromatic nitrogens is 1. The van der Waals surface area contributed by atoms with Crippen molar-refractivity contribution in [2.75, 3.05) is 11.4 Å². The SMILES string of the molecule is CCN(c1ncc(Cl)cc1[N+](=O)[O-])C(C)(C)C(=O)O. The maximum absolute atomic E-state index is 11.3. The molecule has 0 saturated heterocycles. The summed E-state index contributed by atoms with van der Waals surface area (Å²) in [5.41, 5.74) is -1.64. The summed E-state index contributed by atoms with van der Waals surface area (Å²) in [6.07, 6.45) is 1.25. The molecule has 104 valence electrons. The van der Waals surface area contributed by atoms with Crippen molar-refractivity contribution >= 4 is 29.1 Å². The first-order valence-electron chi connectivity index (χ1n) is 5.52. The molecule has 0 radical (unpaired) electrons. The third kappa shape index (κ3) is 2.93. The van der Waals surface area contributed by atoms with Gasteiger partial charge < -0.3 is 10.0 Å². The van der Waals surface area contributed by atoms with E-state index >= 15 is 0 Å². The monoisotopic (exact) mass is 287 g/mol. The van der Waals surface area contributed by atoms with Crippen LogP contribution in [0.25, 0.3) is 0 Å². The minimum absolute atomic E-state index is 0.00991. The largest absolute Gasteiger partial charge is 0.480 e. The molecule has 7 nitrogen and oxygen atoms in total. The van der Waals surface area contributed by atoms with Crippen LogP contribution in [-0.4, -0.2) is 33.1 Å². The van der Waals surface area contributed by atoms with E-state index in [0.717, 1.165) is 6.07 Å². The van der Waals surface area contributed by atoms with Crippen molar-refractivity contribution in [3.05, 3.63) is 27.4 Å². The van der Waals surface area contributed by atoms with Gasteiger partial charge in [-0.3, -0.25) is 10.1 Å². The van der Waals surface area contributed by atoms with Gasteiger partial charge in [-0.1, -0.05) is 11.6 Å². The van der Waals surface area contributed by atoms with Gasteiger partial charge in [-0.05, 0) is 20.8 Å². The Hall–Kier alpha value is -1.89. The van der Waals surface area contributed by atoms with Gasteiger partial charge in [0.05, 0.1) is 9.95 Å². The van der Waals surface area contributed by atoms with E-state index in [1.165, 1.54) is 24.9 Å². The van der Waals surface area contributed by atoms with Gasteiger partial charge in [-0.15, -0.1) is 0 Å². The molecule has 0 atom stereocenters. The summed E-state index contributed by atoms with van der Waals surface area (Å²) in [6.45, 7) is 4.87. The highest BCUT2D eigenvalue weighted by molar-refractivity contribution is 6.30. The molecular formula is C11H14ClN3O4. The van der Waals surface area contributed by atoms with Crippen LogP contribution in [0.4, 0.5) is 11.5 Å². The van der Waals surface area contributed by atoms with E-state index in [2.05, 4.69) is 4.98 Å². The van der Waals surface area contributed by atoms with Crippen LogP contribution in [0.3, 0.4) is 0 Å². The number of rotatable bonds is 5. The van der Waals surface area contributed by atoms with Crippen molar-refractivity contribution in [2.45, 2.75) is 26.3 Å². The predicted molar refractivity (Wildman–Crippen MR) is 70.6 cm³/mol. The number of anilines is 1. The van der Waals surface area contributed by atoms with Gasteiger partial charge in [-0.2, -0.15) is 0 Å². The molecule has 1 rings (SSSR count). The third-order valence-corrected chi connectivity index (χ3v) is 2.99. The van der Waals surface area contributed by atoms with E-state index in [4.69, 9.17) is 11.6 Å². The summed E-state index contributed by atoms with van der Waals surface area (Å²) in [7, 11) is 0. The van der Waals surface area contributed by atoms with Crippen LogP contribution in [0.15, 0.2) is 12.3 Å². The second-order valence-corrected chi connectivity index (χ2v) is 4.80. The normalized spacial score (nSPS) is 11.2. The van der Waals surface area contributed by atoms with Gasteiger partial charge in [0.2, 0.25) is 5.82 Å². The molecule has 0 amide bonds. The van der Waals surface area contributed by atoms with Crippen LogP contribution < -0.4 is 4.90 Å². The Balaban J connectivity index is 3.42. The lowest BCUT2D eigenvalue weighted by atomic mass is 10.0. The molecule has 0 aliphatic carbocycles. The number of nitrogens with zero attached hydrogens (tertiary/aromatic N) is 3. The highest BCUT2D eigenvalue weighted by atomic mass is 35.5. The van der Waals surface area contributed by atoms with Crippen LogP contribution >= 0.6 is 11.6 Å². The number of carboxylic acid groups (broad SMARTS) is 1. The topological polar surface area (TPSA) is 96.6 Å². The molecular weight excluding hydrogens is 274 g/mol. The van der Waals surface area contributed by atoms with Crippen LogP contribution in [0.2, 0.25) is 5.02 Å². The molecule has 1 heterocycles.